The highest BCUT2D eigenvalue weighted by Crippen LogP contribution is 2.35. The van der Waals surface area contributed by atoms with E-state index in [1.807, 2.05) is 6.07 Å². The number of rotatable bonds is 5. The third-order valence-corrected chi connectivity index (χ3v) is 3.81. The minimum atomic E-state index is -0.0878. The zero-order valence-corrected chi connectivity index (χ0v) is 13.9. The normalized spacial score (nSPS) is 16.7. The lowest BCUT2D eigenvalue weighted by Crippen LogP contribution is -2.31. The van der Waals surface area contributed by atoms with Gasteiger partial charge in [0.2, 0.25) is 11.8 Å². The molecule has 1 saturated heterocycles. The highest BCUT2D eigenvalue weighted by atomic mass is 32.1. The SMILES string of the molecule is COc1cc2c(OCC3CCC(=O)N3)nccc2cc1OC(N)=S. The molecule has 2 aromatic rings. The molecule has 1 unspecified atom stereocenters. The molecule has 0 saturated carbocycles. The molecule has 1 atom stereocenters. The van der Waals surface area contributed by atoms with E-state index in [4.69, 9.17) is 32.2 Å². The van der Waals surface area contributed by atoms with Crippen molar-refractivity contribution in [1.82, 2.24) is 10.3 Å². The molecule has 8 heteroatoms. The number of aromatic nitrogens is 1. The second-order valence-corrected chi connectivity index (χ2v) is 5.78. The molecular weight excluding hydrogens is 330 g/mol. The Kier molecular flexibility index (Phi) is 4.66. The Hall–Kier alpha value is -2.61. The fourth-order valence-corrected chi connectivity index (χ4v) is 2.69. The minimum absolute atomic E-state index is 0.00803. The summed E-state index contributed by atoms with van der Waals surface area (Å²) < 4.78 is 16.4. The molecule has 126 valence electrons. The molecule has 7 nitrogen and oxygen atoms in total. The molecule has 1 aliphatic heterocycles. The van der Waals surface area contributed by atoms with Crippen LogP contribution in [0.15, 0.2) is 24.4 Å². The average molecular weight is 347 g/mol. The van der Waals surface area contributed by atoms with Gasteiger partial charge in [0.15, 0.2) is 11.5 Å². The number of methoxy groups -OCH3 is 1. The Morgan fingerprint density at radius 1 is 1.46 bits per heavy atom. The number of amides is 1. The van der Waals surface area contributed by atoms with Gasteiger partial charge in [-0.05, 0) is 42.2 Å². The summed E-state index contributed by atoms with van der Waals surface area (Å²) >= 11 is 4.77. The van der Waals surface area contributed by atoms with Gasteiger partial charge in [-0.15, -0.1) is 0 Å². The van der Waals surface area contributed by atoms with E-state index in [2.05, 4.69) is 10.3 Å². The van der Waals surface area contributed by atoms with E-state index in [0.29, 0.717) is 30.4 Å². The number of carbonyl (C=O) groups excluding carboxylic acids is 1. The van der Waals surface area contributed by atoms with Crippen molar-refractivity contribution in [3.8, 4) is 17.4 Å². The van der Waals surface area contributed by atoms with Gasteiger partial charge < -0.3 is 25.3 Å². The first-order valence-corrected chi connectivity index (χ1v) is 7.84. The quantitative estimate of drug-likeness (QED) is 0.792. The predicted molar refractivity (Wildman–Crippen MR) is 92.4 cm³/mol. The number of hydrogen-bond donors (Lipinski definition) is 2. The van der Waals surface area contributed by atoms with Gasteiger partial charge in [-0.1, -0.05) is 0 Å². The summed E-state index contributed by atoms with van der Waals surface area (Å²) in [5, 5.41) is 4.39. The number of nitrogens with two attached hydrogens (primary N) is 1. The van der Waals surface area contributed by atoms with E-state index in [9.17, 15) is 4.79 Å². The molecule has 0 spiro atoms. The molecule has 24 heavy (non-hydrogen) atoms. The van der Waals surface area contributed by atoms with E-state index in [0.717, 1.165) is 17.2 Å². The van der Waals surface area contributed by atoms with Gasteiger partial charge in [0.25, 0.3) is 5.17 Å². The van der Waals surface area contributed by atoms with Crippen LogP contribution in [0.25, 0.3) is 10.8 Å². The first-order valence-electron chi connectivity index (χ1n) is 7.43. The standard InChI is InChI=1S/C16H17N3O4S/c1-21-12-7-11-9(6-13(12)23-16(17)24)4-5-18-15(11)22-8-10-2-3-14(20)19-10/h4-7,10H,2-3,8H2,1H3,(H2,17,24)(H,19,20). The maximum absolute atomic E-state index is 11.3. The van der Waals surface area contributed by atoms with Crippen LogP contribution in [-0.4, -0.2) is 35.8 Å². The van der Waals surface area contributed by atoms with E-state index in [1.54, 1.807) is 18.3 Å². The van der Waals surface area contributed by atoms with Gasteiger partial charge in [-0.3, -0.25) is 4.79 Å². The third kappa shape index (κ3) is 3.48. The van der Waals surface area contributed by atoms with Crippen molar-refractivity contribution < 1.29 is 19.0 Å². The summed E-state index contributed by atoms with van der Waals surface area (Å²) in [7, 11) is 1.53. The van der Waals surface area contributed by atoms with E-state index in [-0.39, 0.29) is 17.1 Å². The zero-order valence-electron chi connectivity index (χ0n) is 13.1. The van der Waals surface area contributed by atoms with E-state index < -0.39 is 0 Å². The van der Waals surface area contributed by atoms with Crippen LogP contribution in [0.1, 0.15) is 12.8 Å². The third-order valence-electron chi connectivity index (χ3n) is 3.73. The molecule has 1 fully saturated rings. The van der Waals surface area contributed by atoms with Crippen LogP contribution in [0.2, 0.25) is 0 Å². The zero-order chi connectivity index (χ0) is 17.1. The lowest BCUT2D eigenvalue weighted by atomic mass is 10.1. The van der Waals surface area contributed by atoms with Crippen LogP contribution in [0.5, 0.6) is 17.4 Å². The molecule has 1 amide bonds. The van der Waals surface area contributed by atoms with Crippen molar-refractivity contribution in [3.63, 3.8) is 0 Å². The van der Waals surface area contributed by atoms with Crippen molar-refractivity contribution in [1.29, 1.82) is 0 Å². The molecular formula is C16H17N3O4S. The first kappa shape index (κ1) is 16.3. The number of carbonyl (C=O) groups is 1. The van der Waals surface area contributed by atoms with Crippen LogP contribution in [-0.2, 0) is 4.79 Å². The van der Waals surface area contributed by atoms with Gasteiger partial charge in [0.05, 0.1) is 13.2 Å². The van der Waals surface area contributed by atoms with E-state index >= 15 is 0 Å². The Morgan fingerprint density at radius 2 is 2.29 bits per heavy atom. The lowest BCUT2D eigenvalue weighted by Gasteiger charge is -2.14. The summed E-state index contributed by atoms with van der Waals surface area (Å²) in [6.45, 7) is 0.366. The van der Waals surface area contributed by atoms with Crippen LogP contribution in [0.3, 0.4) is 0 Å². The molecule has 3 N–H and O–H groups in total. The highest BCUT2D eigenvalue weighted by molar-refractivity contribution is 7.80. The number of fused-ring (bicyclic) bond motifs is 1. The maximum atomic E-state index is 11.3. The Labute approximate surface area is 144 Å². The summed E-state index contributed by atoms with van der Waals surface area (Å²) in [6, 6.07) is 5.36. The number of benzene rings is 1. The number of nitrogens with one attached hydrogen (secondary N) is 1. The minimum Gasteiger partial charge on any atom is -0.493 e. The van der Waals surface area contributed by atoms with Gasteiger partial charge in [-0.2, -0.15) is 0 Å². The molecule has 3 rings (SSSR count). The lowest BCUT2D eigenvalue weighted by molar-refractivity contribution is -0.119. The smallest absolute Gasteiger partial charge is 0.259 e. The van der Waals surface area contributed by atoms with Crippen molar-refractivity contribution in [2.24, 2.45) is 5.73 Å². The Morgan fingerprint density at radius 3 is 2.96 bits per heavy atom. The molecule has 1 aliphatic rings. The van der Waals surface area contributed by atoms with Crippen molar-refractivity contribution in [3.05, 3.63) is 24.4 Å². The monoisotopic (exact) mass is 347 g/mol. The van der Waals surface area contributed by atoms with Crippen LogP contribution in [0.4, 0.5) is 0 Å². The second-order valence-electron chi connectivity index (χ2n) is 5.38. The fraction of sp³-hybridized carbons (Fsp3) is 0.312. The first-order chi connectivity index (χ1) is 11.6. The van der Waals surface area contributed by atoms with Gasteiger partial charge >= 0.3 is 0 Å². The van der Waals surface area contributed by atoms with Crippen LogP contribution in [0, 0.1) is 0 Å². The molecule has 0 aliphatic carbocycles. The summed E-state index contributed by atoms with van der Waals surface area (Å²) in [5.41, 5.74) is 5.43. The number of pyridine rings is 1. The molecule has 1 aromatic heterocycles. The number of hydrogen-bond acceptors (Lipinski definition) is 6. The Bertz CT molecular complexity index is 796. The molecule has 0 bridgehead atoms. The second kappa shape index (κ2) is 6.88. The number of ether oxygens (including phenoxy) is 3. The fourth-order valence-electron chi connectivity index (χ4n) is 2.60. The van der Waals surface area contributed by atoms with Crippen LogP contribution >= 0.6 is 12.2 Å². The predicted octanol–water partition coefficient (Wildman–Crippen LogP) is 1.52. The van der Waals surface area contributed by atoms with Gasteiger partial charge in [0, 0.05) is 18.0 Å². The largest absolute Gasteiger partial charge is 0.493 e. The molecule has 1 aromatic carbocycles. The molecule has 2 heterocycles. The summed E-state index contributed by atoms with van der Waals surface area (Å²) in [4.78, 5) is 15.5. The van der Waals surface area contributed by atoms with Crippen molar-refractivity contribution in [2.75, 3.05) is 13.7 Å². The molecule has 0 radical (unpaired) electrons. The summed E-state index contributed by atoms with van der Waals surface area (Å²) in [5.74, 6) is 1.42. The maximum Gasteiger partial charge on any atom is 0.259 e. The van der Waals surface area contributed by atoms with Gasteiger partial charge in [-0.25, -0.2) is 4.98 Å². The Balaban J connectivity index is 1.88. The average Bonchev–Trinajstić information content (AvgIpc) is 2.97. The summed E-state index contributed by atoms with van der Waals surface area (Å²) in [6.07, 6.45) is 2.94. The van der Waals surface area contributed by atoms with Crippen molar-refractivity contribution in [2.45, 2.75) is 18.9 Å². The van der Waals surface area contributed by atoms with Crippen LogP contribution < -0.4 is 25.3 Å². The number of thiocarbonyl (C=S) groups is 1. The van der Waals surface area contributed by atoms with E-state index in [1.165, 1.54) is 7.11 Å². The highest BCUT2D eigenvalue weighted by Gasteiger charge is 2.21. The van der Waals surface area contributed by atoms with Crippen molar-refractivity contribution >= 4 is 34.1 Å². The number of nitrogens with zero attached hydrogens (tertiary/aromatic N) is 1. The topological polar surface area (TPSA) is 95.7 Å². The van der Waals surface area contributed by atoms with Gasteiger partial charge in [0.1, 0.15) is 6.61 Å².